The lowest BCUT2D eigenvalue weighted by molar-refractivity contribution is -0.133. The fourth-order valence-electron chi connectivity index (χ4n) is 4.20. The molecule has 1 heterocycles. The van der Waals surface area contributed by atoms with Crippen LogP contribution in [0.3, 0.4) is 0 Å². The second-order valence-electron chi connectivity index (χ2n) is 8.44. The van der Waals surface area contributed by atoms with Crippen LogP contribution in [0.4, 0.5) is 0 Å². The number of para-hydroxylation sites is 1. The Hall–Kier alpha value is -2.34. The second kappa shape index (κ2) is 7.95. The van der Waals surface area contributed by atoms with Gasteiger partial charge in [0.2, 0.25) is 11.8 Å². The maximum absolute atomic E-state index is 13.5. The van der Waals surface area contributed by atoms with Gasteiger partial charge in [-0.1, -0.05) is 39.0 Å². The molecule has 0 radical (unpaired) electrons. The molecule has 28 heavy (non-hydrogen) atoms. The molecule has 1 aromatic heterocycles. The number of nitrogens with one attached hydrogen (secondary N) is 3. The summed E-state index contributed by atoms with van der Waals surface area (Å²) in [4.78, 5) is 28.8. The molecule has 6 nitrogen and oxygen atoms in total. The number of carbonyl (C=O) groups excluding carboxylic acids is 2. The summed E-state index contributed by atoms with van der Waals surface area (Å²) in [5.74, 6) is -0.693. The van der Waals surface area contributed by atoms with Gasteiger partial charge in [-0.05, 0) is 43.7 Å². The molecule has 1 aliphatic rings. The number of aryl methyl sites for hydroxylation is 1. The van der Waals surface area contributed by atoms with Gasteiger partial charge in [0, 0.05) is 29.1 Å². The molecule has 1 unspecified atom stereocenters. The van der Waals surface area contributed by atoms with Gasteiger partial charge >= 0.3 is 0 Å². The number of primary amides is 1. The lowest BCUT2D eigenvalue weighted by Crippen LogP contribution is -2.64. The van der Waals surface area contributed by atoms with Crippen molar-refractivity contribution >= 4 is 22.7 Å². The van der Waals surface area contributed by atoms with E-state index in [2.05, 4.69) is 41.6 Å². The van der Waals surface area contributed by atoms with E-state index < -0.39 is 17.5 Å². The molecule has 0 aliphatic heterocycles. The van der Waals surface area contributed by atoms with Gasteiger partial charge in [-0.2, -0.15) is 0 Å². The molecule has 2 aromatic rings. The standard InChI is InChI=1S/C22H32N4O2/c1-5-14(4)26-22(21(28)25-19(13(2)3)20(23)27)11-10-18-16(12-22)15-8-6-7-9-17(15)24-18/h6-9,13-14,19,24,26H,5,10-12H2,1-4H3,(H2,23,27)(H,25,28)/t14?,19-,22+/m0/s1. The molecule has 0 bridgehead atoms. The van der Waals surface area contributed by atoms with Crippen LogP contribution in [-0.4, -0.2) is 34.4 Å². The average Bonchev–Trinajstić information content (AvgIpc) is 3.02. The minimum absolute atomic E-state index is 0.0608. The molecule has 1 aliphatic carbocycles. The minimum Gasteiger partial charge on any atom is -0.368 e. The van der Waals surface area contributed by atoms with E-state index in [0.29, 0.717) is 12.8 Å². The van der Waals surface area contributed by atoms with E-state index in [1.165, 1.54) is 11.3 Å². The number of nitrogens with two attached hydrogens (primary N) is 1. The fraction of sp³-hybridized carbons (Fsp3) is 0.545. The molecule has 0 saturated heterocycles. The normalized spacial score (nSPS) is 21.3. The van der Waals surface area contributed by atoms with Crippen LogP contribution in [0.5, 0.6) is 0 Å². The molecule has 0 saturated carbocycles. The van der Waals surface area contributed by atoms with E-state index in [1.54, 1.807) is 0 Å². The predicted molar refractivity (Wildman–Crippen MR) is 112 cm³/mol. The van der Waals surface area contributed by atoms with Crippen LogP contribution < -0.4 is 16.4 Å². The Bertz CT molecular complexity index is 873. The number of aromatic nitrogens is 1. The van der Waals surface area contributed by atoms with Crippen molar-refractivity contribution in [3.05, 3.63) is 35.5 Å². The highest BCUT2D eigenvalue weighted by Crippen LogP contribution is 2.34. The summed E-state index contributed by atoms with van der Waals surface area (Å²) >= 11 is 0. The number of hydrogen-bond acceptors (Lipinski definition) is 3. The van der Waals surface area contributed by atoms with Gasteiger partial charge in [-0.25, -0.2) is 0 Å². The number of benzene rings is 1. The quantitative estimate of drug-likeness (QED) is 0.590. The van der Waals surface area contributed by atoms with Crippen molar-refractivity contribution in [2.45, 2.75) is 71.0 Å². The first-order valence-corrected chi connectivity index (χ1v) is 10.2. The average molecular weight is 385 g/mol. The molecule has 6 heteroatoms. The summed E-state index contributed by atoms with van der Waals surface area (Å²) in [6.07, 6.45) is 2.96. The number of carbonyl (C=O) groups is 2. The van der Waals surface area contributed by atoms with E-state index >= 15 is 0 Å². The van der Waals surface area contributed by atoms with E-state index in [0.717, 1.165) is 23.7 Å². The fourth-order valence-corrected chi connectivity index (χ4v) is 4.20. The smallest absolute Gasteiger partial charge is 0.241 e. The number of aromatic amines is 1. The van der Waals surface area contributed by atoms with E-state index in [-0.39, 0.29) is 17.9 Å². The Kier molecular flexibility index (Phi) is 5.79. The monoisotopic (exact) mass is 384 g/mol. The summed E-state index contributed by atoms with van der Waals surface area (Å²) < 4.78 is 0. The molecule has 152 valence electrons. The molecule has 0 spiro atoms. The van der Waals surface area contributed by atoms with Gasteiger partial charge in [-0.15, -0.1) is 0 Å². The summed E-state index contributed by atoms with van der Waals surface area (Å²) in [7, 11) is 0. The zero-order valence-corrected chi connectivity index (χ0v) is 17.3. The van der Waals surface area contributed by atoms with E-state index in [9.17, 15) is 9.59 Å². The Morgan fingerprint density at radius 2 is 1.96 bits per heavy atom. The van der Waals surface area contributed by atoms with Crippen LogP contribution in [0.15, 0.2) is 24.3 Å². The third-order valence-corrected chi connectivity index (χ3v) is 6.01. The molecule has 2 amide bonds. The minimum atomic E-state index is -0.754. The lowest BCUT2D eigenvalue weighted by Gasteiger charge is -2.40. The van der Waals surface area contributed by atoms with Crippen molar-refractivity contribution in [1.29, 1.82) is 0 Å². The SMILES string of the molecule is CCC(C)N[C@]1(C(=O)N[C@H](C(N)=O)C(C)C)CCc2[nH]c3ccccc3c2C1. The Morgan fingerprint density at radius 1 is 1.25 bits per heavy atom. The maximum atomic E-state index is 13.5. The van der Waals surface area contributed by atoms with Crippen LogP contribution in [-0.2, 0) is 22.4 Å². The molecule has 1 aromatic carbocycles. The Labute approximate surface area is 166 Å². The van der Waals surface area contributed by atoms with Crippen LogP contribution >= 0.6 is 0 Å². The van der Waals surface area contributed by atoms with Gasteiger partial charge in [0.15, 0.2) is 0 Å². The van der Waals surface area contributed by atoms with Crippen molar-refractivity contribution in [2.24, 2.45) is 11.7 Å². The first kappa shape index (κ1) is 20.4. The van der Waals surface area contributed by atoms with E-state index in [4.69, 9.17) is 5.73 Å². The third-order valence-electron chi connectivity index (χ3n) is 6.01. The molecule has 3 rings (SSSR count). The van der Waals surface area contributed by atoms with Crippen LogP contribution in [0.25, 0.3) is 10.9 Å². The van der Waals surface area contributed by atoms with Crippen LogP contribution in [0.2, 0.25) is 0 Å². The molecular formula is C22H32N4O2. The lowest BCUT2D eigenvalue weighted by atomic mass is 9.78. The highest BCUT2D eigenvalue weighted by molar-refractivity contribution is 5.94. The summed E-state index contributed by atoms with van der Waals surface area (Å²) in [6, 6.07) is 7.72. The van der Waals surface area contributed by atoms with Crippen LogP contribution in [0, 0.1) is 5.92 Å². The number of amides is 2. The second-order valence-corrected chi connectivity index (χ2v) is 8.44. The van der Waals surface area contributed by atoms with Crippen LogP contribution in [0.1, 0.15) is 51.8 Å². The van der Waals surface area contributed by atoms with Crippen molar-refractivity contribution in [3.63, 3.8) is 0 Å². The zero-order valence-electron chi connectivity index (χ0n) is 17.3. The van der Waals surface area contributed by atoms with Gasteiger partial charge in [0.1, 0.15) is 11.6 Å². The van der Waals surface area contributed by atoms with Crippen molar-refractivity contribution in [1.82, 2.24) is 15.6 Å². The summed E-state index contributed by atoms with van der Waals surface area (Å²) in [6.45, 7) is 7.98. The number of rotatable bonds is 7. The number of hydrogen-bond donors (Lipinski definition) is 4. The highest BCUT2D eigenvalue weighted by atomic mass is 16.2. The van der Waals surface area contributed by atoms with E-state index in [1.807, 2.05) is 26.0 Å². The zero-order chi connectivity index (χ0) is 20.5. The largest absolute Gasteiger partial charge is 0.368 e. The predicted octanol–water partition coefficient (Wildman–Crippen LogP) is 2.41. The first-order valence-electron chi connectivity index (χ1n) is 10.2. The van der Waals surface area contributed by atoms with Crippen molar-refractivity contribution < 1.29 is 9.59 Å². The Balaban J connectivity index is 1.97. The molecule has 0 fully saturated rings. The van der Waals surface area contributed by atoms with Crippen molar-refractivity contribution in [2.75, 3.05) is 0 Å². The van der Waals surface area contributed by atoms with Gasteiger partial charge < -0.3 is 21.4 Å². The maximum Gasteiger partial charge on any atom is 0.241 e. The molecule has 5 N–H and O–H groups in total. The molecular weight excluding hydrogens is 352 g/mol. The summed E-state index contributed by atoms with van der Waals surface area (Å²) in [5, 5.41) is 7.69. The first-order chi connectivity index (χ1) is 13.3. The Morgan fingerprint density at radius 3 is 2.61 bits per heavy atom. The van der Waals surface area contributed by atoms with Crippen molar-refractivity contribution in [3.8, 4) is 0 Å². The van der Waals surface area contributed by atoms with Gasteiger partial charge in [0.25, 0.3) is 0 Å². The summed E-state index contributed by atoms with van der Waals surface area (Å²) in [5.41, 5.74) is 8.28. The number of H-pyrrole nitrogens is 1. The topological polar surface area (TPSA) is 100 Å². The van der Waals surface area contributed by atoms with Gasteiger partial charge in [-0.3, -0.25) is 9.59 Å². The number of fused-ring (bicyclic) bond motifs is 3. The third kappa shape index (κ3) is 3.78. The molecule has 3 atom stereocenters. The highest BCUT2D eigenvalue weighted by Gasteiger charge is 2.44. The van der Waals surface area contributed by atoms with Gasteiger partial charge in [0.05, 0.1) is 0 Å².